The van der Waals surface area contributed by atoms with Gasteiger partial charge in [0.15, 0.2) is 0 Å². The Labute approximate surface area is 152 Å². The van der Waals surface area contributed by atoms with Gasteiger partial charge in [-0.1, -0.05) is 12.1 Å². The van der Waals surface area contributed by atoms with Crippen molar-refractivity contribution in [2.75, 3.05) is 11.1 Å². The molecule has 0 saturated heterocycles. The number of carbonyl (C=O) groups excluding carboxylic acids is 2. The molecule has 0 aliphatic rings. The van der Waals surface area contributed by atoms with Crippen molar-refractivity contribution in [2.45, 2.75) is 6.18 Å². The van der Waals surface area contributed by atoms with Crippen molar-refractivity contribution in [1.29, 1.82) is 0 Å². The van der Waals surface area contributed by atoms with E-state index in [1.54, 1.807) is 0 Å². The lowest BCUT2D eigenvalue weighted by Crippen LogP contribution is -2.29. The monoisotopic (exact) mass is 396 g/mol. The predicted octanol–water partition coefficient (Wildman–Crippen LogP) is 1.81. The topological polar surface area (TPSA) is 128 Å². The van der Waals surface area contributed by atoms with Crippen LogP contribution in [0.25, 0.3) is 10.2 Å². The molecule has 0 spiro atoms. The first-order valence-corrected chi connectivity index (χ1v) is 8.05. The highest BCUT2D eigenvalue weighted by atomic mass is 32.1. The Balaban J connectivity index is 2.04. The van der Waals surface area contributed by atoms with Gasteiger partial charge < -0.3 is 25.9 Å². The molecule has 140 valence electrons. The summed E-state index contributed by atoms with van der Waals surface area (Å²) in [7, 11) is 0. The average Bonchev–Trinajstić information content (AvgIpc) is 2.89. The molecular formula is C16H9F3N3O4S-. The summed E-state index contributed by atoms with van der Waals surface area (Å²) in [6, 6.07) is 5.35. The maximum Gasteiger partial charge on any atom is 0.418 e. The molecule has 27 heavy (non-hydrogen) atoms. The number of nitrogens with two attached hydrogens (primary N) is 1. The average molecular weight is 396 g/mol. The van der Waals surface area contributed by atoms with Gasteiger partial charge in [-0.05, 0) is 18.2 Å². The molecule has 1 aromatic carbocycles. The first-order chi connectivity index (χ1) is 12.6. The third-order valence-electron chi connectivity index (χ3n) is 3.65. The summed E-state index contributed by atoms with van der Waals surface area (Å²) in [4.78, 5) is 37.2. The Bertz CT molecular complexity index is 1130. The highest BCUT2D eigenvalue weighted by Gasteiger charge is 2.34. The fourth-order valence-corrected chi connectivity index (χ4v) is 3.40. The summed E-state index contributed by atoms with van der Waals surface area (Å²) >= 11 is 0.712. The molecule has 4 N–H and O–H groups in total. The fourth-order valence-electron chi connectivity index (χ4n) is 2.41. The van der Waals surface area contributed by atoms with Crippen LogP contribution in [0.4, 0.5) is 24.5 Å². The second kappa shape index (κ2) is 6.43. The van der Waals surface area contributed by atoms with Crippen molar-refractivity contribution < 1.29 is 27.9 Å². The zero-order valence-corrected chi connectivity index (χ0v) is 14.0. The number of nitrogens with one attached hydrogen (secondary N) is 2. The number of nitrogen functional groups attached to an aromatic ring is 1. The molecule has 2 heterocycles. The number of aromatic carboxylic acids is 1. The van der Waals surface area contributed by atoms with Crippen molar-refractivity contribution in [2.24, 2.45) is 0 Å². The molecule has 2 aromatic heterocycles. The molecule has 0 radical (unpaired) electrons. The molecule has 0 aliphatic carbocycles. The number of alkyl halides is 3. The molecule has 3 aromatic rings. The number of halogens is 3. The van der Waals surface area contributed by atoms with Gasteiger partial charge in [0, 0.05) is 5.39 Å². The predicted molar refractivity (Wildman–Crippen MR) is 90.6 cm³/mol. The van der Waals surface area contributed by atoms with Crippen molar-refractivity contribution >= 4 is 44.8 Å². The van der Waals surface area contributed by atoms with E-state index >= 15 is 0 Å². The van der Waals surface area contributed by atoms with Gasteiger partial charge in [0.1, 0.15) is 9.71 Å². The summed E-state index contributed by atoms with van der Waals surface area (Å²) in [5.41, 5.74) is 2.53. The van der Waals surface area contributed by atoms with Crippen molar-refractivity contribution in [3.63, 3.8) is 0 Å². The number of hydrogen-bond acceptors (Lipinski definition) is 6. The lowest BCUT2D eigenvalue weighted by atomic mass is 10.1. The zero-order valence-electron chi connectivity index (χ0n) is 13.1. The van der Waals surface area contributed by atoms with Crippen LogP contribution in [0.3, 0.4) is 0 Å². The van der Waals surface area contributed by atoms with E-state index in [2.05, 4.69) is 10.3 Å². The van der Waals surface area contributed by atoms with Crippen LogP contribution < -0.4 is 21.7 Å². The number of aromatic nitrogens is 1. The van der Waals surface area contributed by atoms with E-state index < -0.39 is 40.4 Å². The van der Waals surface area contributed by atoms with E-state index in [1.807, 2.05) is 0 Å². The van der Waals surface area contributed by atoms with Crippen LogP contribution in [0.15, 0.2) is 35.1 Å². The van der Waals surface area contributed by atoms with Gasteiger partial charge in [-0.25, -0.2) is 0 Å². The SMILES string of the molecule is Nc1c(C(=O)Nc2ccccc2C(F)(F)F)sc2[nH]c(=O)c(C(=O)[O-])cc12. The van der Waals surface area contributed by atoms with Crippen molar-refractivity contribution in [3.05, 3.63) is 56.7 Å². The van der Waals surface area contributed by atoms with Gasteiger partial charge in [-0.3, -0.25) is 9.59 Å². The molecular weight excluding hydrogens is 387 g/mol. The van der Waals surface area contributed by atoms with Crippen LogP contribution in [0.2, 0.25) is 0 Å². The molecule has 11 heteroatoms. The summed E-state index contributed by atoms with van der Waals surface area (Å²) in [5.74, 6) is -2.66. The molecule has 0 saturated carbocycles. The standard InChI is InChI=1S/C16H10F3N3O4S/c17-16(18,19)8-3-1-2-4-9(8)21-13(24)11-10(20)6-5-7(15(25)26)12(23)22-14(6)27-11/h1-5H,20H2,(H,21,24)(H,22,23)(H,25,26)/p-1. The Morgan fingerprint density at radius 3 is 2.52 bits per heavy atom. The number of para-hydroxylation sites is 1. The number of hydrogen-bond donors (Lipinski definition) is 3. The smallest absolute Gasteiger partial charge is 0.418 e. The molecule has 7 nitrogen and oxygen atoms in total. The van der Waals surface area contributed by atoms with Gasteiger partial charge in [0.25, 0.3) is 11.5 Å². The van der Waals surface area contributed by atoms with Gasteiger partial charge in [-0.2, -0.15) is 13.2 Å². The third kappa shape index (κ3) is 3.36. The number of thiophene rings is 1. The minimum Gasteiger partial charge on any atom is -0.545 e. The number of anilines is 2. The number of aromatic amines is 1. The normalized spacial score (nSPS) is 11.5. The van der Waals surface area contributed by atoms with E-state index in [9.17, 15) is 32.7 Å². The highest BCUT2D eigenvalue weighted by molar-refractivity contribution is 7.21. The van der Waals surface area contributed by atoms with E-state index in [-0.39, 0.29) is 20.8 Å². The Morgan fingerprint density at radius 1 is 1.22 bits per heavy atom. The Kier molecular flexibility index (Phi) is 4.39. The fraction of sp³-hybridized carbons (Fsp3) is 0.0625. The molecule has 0 bridgehead atoms. The number of rotatable bonds is 3. The maximum absolute atomic E-state index is 13.0. The second-order valence-corrected chi connectivity index (χ2v) is 6.41. The molecule has 0 aliphatic heterocycles. The van der Waals surface area contributed by atoms with E-state index in [1.165, 1.54) is 12.1 Å². The van der Waals surface area contributed by atoms with Crippen LogP contribution >= 0.6 is 11.3 Å². The number of pyridine rings is 1. The minimum absolute atomic E-state index is 0.0769. The number of carboxylic acid groups (broad SMARTS) is 1. The first kappa shape index (κ1) is 18.5. The lowest BCUT2D eigenvalue weighted by molar-refractivity contribution is -0.255. The van der Waals surface area contributed by atoms with Gasteiger partial charge in [-0.15, -0.1) is 11.3 Å². The van der Waals surface area contributed by atoms with Crippen molar-refractivity contribution in [3.8, 4) is 0 Å². The molecule has 3 rings (SSSR count). The number of carboxylic acids is 1. The van der Waals surface area contributed by atoms with Gasteiger partial charge in [0.05, 0.1) is 28.5 Å². The van der Waals surface area contributed by atoms with E-state index in [4.69, 9.17) is 5.73 Å². The van der Waals surface area contributed by atoms with Crippen LogP contribution in [-0.4, -0.2) is 16.9 Å². The number of benzene rings is 1. The summed E-state index contributed by atoms with van der Waals surface area (Å²) in [6.45, 7) is 0. The zero-order chi connectivity index (χ0) is 19.9. The Morgan fingerprint density at radius 2 is 1.89 bits per heavy atom. The number of H-pyrrole nitrogens is 1. The molecule has 1 amide bonds. The van der Waals surface area contributed by atoms with Crippen LogP contribution in [0, 0.1) is 0 Å². The van der Waals surface area contributed by atoms with Gasteiger partial charge >= 0.3 is 6.18 Å². The van der Waals surface area contributed by atoms with Crippen LogP contribution in [-0.2, 0) is 6.18 Å². The van der Waals surface area contributed by atoms with Crippen LogP contribution in [0.5, 0.6) is 0 Å². The maximum atomic E-state index is 13.0. The summed E-state index contributed by atoms with van der Waals surface area (Å²) < 4.78 is 39.1. The lowest BCUT2D eigenvalue weighted by Gasteiger charge is -2.13. The van der Waals surface area contributed by atoms with Gasteiger partial charge in [0.2, 0.25) is 0 Å². The number of fused-ring (bicyclic) bond motifs is 1. The summed E-state index contributed by atoms with van der Waals surface area (Å²) in [6.07, 6.45) is -4.68. The summed E-state index contributed by atoms with van der Waals surface area (Å²) in [5, 5.41) is 13.2. The van der Waals surface area contributed by atoms with E-state index in [0.717, 1.165) is 18.2 Å². The molecule has 0 fully saturated rings. The highest BCUT2D eigenvalue weighted by Crippen LogP contribution is 2.36. The first-order valence-electron chi connectivity index (χ1n) is 7.24. The molecule has 0 unspecified atom stereocenters. The third-order valence-corrected chi connectivity index (χ3v) is 4.79. The number of amides is 1. The quantitative estimate of drug-likeness (QED) is 0.622. The Hall–Kier alpha value is -3.34. The second-order valence-electron chi connectivity index (χ2n) is 5.38. The van der Waals surface area contributed by atoms with E-state index in [0.29, 0.717) is 11.3 Å². The minimum atomic E-state index is -4.68. The van der Waals surface area contributed by atoms with Crippen LogP contribution in [0.1, 0.15) is 25.6 Å². The number of carbonyl (C=O) groups is 2. The van der Waals surface area contributed by atoms with Crippen molar-refractivity contribution in [1.82, 2.24) is 4.98 Å². The largest absolute Gasteiger partial charge is 0.545 e. The molecule has 0 atom stereocenters.